The van der Waals surface area contributed by atoms with E-state index in [1.807, 2.05) is 24.3 Å². The Morgan fingerprint density at radius 1 is 1.19 bits per heavy atom. The molecule has 27 heavy (non-hydrogen) atoms. The van der Waals surface area contributed by atoms with E-state index in [1.165, 1.54) is 50.3 Å². The van der Waals surface area contributed by atoms with Crippen molar-refractivity contribution < 1.29 is 9.32 Å². The molecular formula is C20H28N4O2S. The molecule has 2 aromatic rings. The predicted octanol–water partition coefficient (Wildman–Crippen LogP) is 3.71. The summed E-state index contributed by atoms with van der Waals surface area (Å²) in [5, 5.41) is 10.4. The largest absolute Gasteiger partial charge is 0.351 e. The highest BCUT2D eigenvalue weighted by atomic mass is 32.2. The van der Waals surface area contributed by atoms with E-state index in [0.717, 1.165) is 11.4 Å². The maximum absolute atomic E-state index is 12.6. The fourth-order valence-corrected chi connectivity index (χ4v) is 4.24. The molecule has 3 rings (SSSR count). The number of amides is 1. The minimum Gasteiger partial charge on any atom is -0.351 e. The molecule has 1 fully saturated rings. The molecule has 0 aliphatic heterocycles. The molecule has 0 unspecified atom stereocenters. The average molecular weight is 389 g/mol. The van der Waals surface area contributed by atoms with Gasteiger partial charge >= 0.3 is 0 Å². The van der Waals surface area contributed by atoms with E-state index in [9.17, 15) is 4.79 Å². The Bertz CT molecular complexity index is 726. The molecule has 0 radical (unpaired) electrons. The predicted molar refractivity (Wildman–Crippen MR) is 107 cm³/mol. The van der Waals surface area contributed by atoms with Gasteiger partial charge in [0.15, 0.2) is 5.82 Å². The molecule has 0 spiro atoms. The van der Waals surface area contributed by atoms with Crippen LogP contribution in [0.4, 0.5) is 0 Å². The number of carbonyl (C=O) groups excluding carboxylic acids is 1. The lowest BCUT2D eigenvalue weighted by atomic mass is 10.1. The molecule has 2 N–H and O–H groups in total. The van der Waals surface area contributed by atoms with Gasteiger partial charge in [0, 0.05) is 24.0 Å². The van der Waals surface area contributed by atoms with Crippen LogP contribution in [0.1, 0.15) is 60.6 Å². The summed E-state index contributed by atoms with van der Waals surface area (Å²) in [5.41, 5.74) is 0.688. The molecule has 1 aliphatic carbocycles. The van der Waals surface area contributed by atoms with Gasteiger partial charge in [-0.1, -0.05) is 43.0 Å². The van der Waals surface area contributed by atoms with Gasteiger partial charge in [-0.05, 0) is 31.9 Å². The molecular weight excluding hydrogens is 360 g/mol. The number of carbonyl (C=O) groups is 1. The van der Waals surface area contributed by atoms with E-state index >= 15 is 0 Å². The third kappa shape index (κ3) is 6.36. The van der Waals surface area contributed by atoms with E-state index in [-0.39, 0.29) is 5.91 Å². The molecule has 1 saturated carbocycles. The molecule has 7 heteroatoms. The first-order valence-corrected chi connectivity index (χ1v) is 10.7. The highest BCUT2D eigenvalue weighted by molar-refractivity contribution is 7.98. The summed E-state index contributed by atoms with van der Waals surface area (Å²) in [5.74, 6) is 1.70. The summed E-state index contributed by atoms with van der Waals surface area (Å²) in [6.45, 7) is 3.24. The van der Waals surface area contributed by atoms with Crippen molar-refractivity contribution in [1.82, 2.24) is 20.8 Å². The van der Waals surface area contributed by atoms with Crippen LogP contribution in [-0.4, -0.2) is 35.2 Å². The van der Waals surface area contributed by atoms with E-state index in [1.54, 1.807) is 6.92 Å². The van der Waals surface area contributed by atoms with Crippen LogP contribution in [0.2, 0.25) is 0 Å². The van der Waals surface area contributed by atoms with Crippen molar-refractivity contribution in [1.29, 1.82) is 0 Å². The third-order valence-corrected chi connectivity index (χ3v) is 5.81. The number of thioether (sulfide) groups is 1. The zero-order valence-corrected chi connectivity index (χ0v) is 16.7. The van der Waals surface area contributed by atoms with Gasteiger partial charge in [0.05, 0.1) is 11.3 Å². The van der Waals surface area contributed by atoms with Gasteiger partial charge in [0.25, 0.3) is 5.91 Å². The highest BCUT2D eigenvalue weighted by Gasteiger charge is 2.14. The Morgan fingerprint density at radius 3 is 2.70 bits per heavy atom. The van der Waals surface area contributed by atoms with Gasteiger partial charge in [0.2, 0.25) is 5.89 Å². The maximum atomic E-state index is 12.6. The number of benzene rings is 1. The summed E-state index contributed by atoms with van der Waals surface area (Å²) in [6.07, 6.45) is 7.84. The van der Waals surface area contributed by atoms with Gasteiger partial charge in [0.1, 0.15) is 0 Å². The standard InChI is InChI=1S/C20H28N4O2S/c1-15-23-19(26-24-15)14-27-18-11-7-6-10-17(18)20(25)22-13-12-21-16-8-4-2-3-5-9-16/h6-7,10-11,16,21H,2-5,8-9,12-14H2,1H3,(H,22,25). The summed E-state index contributed by atoms with van der Waals surface area (Å²) in [7, 11) is 0. The molecule has 1 amide bonds. The fourth-order valence-electron chi connectivity index (χ4n) is 3.35. The Morgan fingerprint density at radius 2 is 1.96 bits per heavy atom. The second-order valence-electron chi connectivity index (χ2n) is 6.92. The van der Waals surface area contributed by atoms with Crippen molar-refractivity contribution in [2.45, 2.75) is 62.1 Å². The Labute approximate surface area is 164 Å². The fraction of sp³-hybridized carbons (Fsp3) is 0.550. The molecule has 146 valence electrons. The normalized spacial score (nSPS) is 15.4. The molecule has 1 aliphatic rings. The number of hydrogen-bond donors (Lipinski definition) is 2. The maximum Gasteiger partial charge on any atom is 0.252 e. The van der Waals surface area contributed by atoms with E-state index < -0.39 is 0 Å². The number of aryl methyl sites for hydroxylation is 1. The van der Waals surface area contributed by atoms with Gasteiger partial charge in [-0.25, -0.2) is 0 Å². The monoisotopic (exact) mass is 388 g/mol. The SMILES string of the molecule is Cc1noc(CSc2ccccc2C(=O)NCCNC2CCCCCC2)n1. The minimum atomic E-state index is -0.0394. The summed E-state index contributed by atoms with van der Waals surface area (Å²) in [4.78, 5) is 17.7. The second-order valence-corrected chi connectivity index (χ2v) is 7.94. The van der Waals surface area contributed by atoms with Crippen LogP contribution in [-0.2, 0) is 5.75 Å². The van der Waals surface area contributed by atoms with Crippen molar-refractivity contribution in [3.8, 4) is 0 Å². The number of nitrogens with zero attached hydrogens (tertiary/aromatic N) is 2. The van der Waals surface area contributed by atoms with Crippen molar-refractivity contribution in [2.24, 2.45) is 0 Å². The third-order valence-electron chi connectivity index (χ3n) is 4.75. The lowest BCUT2D eigenvalue weighted by Gasteiger charge is -2.16. The quantitative estimate of drug-likeness (QED) is 0.408. The van der Waals surface area contributed by atoms with E-state index in [4.69, 9.17) is 4.52 Å². The summed E-state index contributed by atoms with van der Waals surface area (Å²) >= 11 is 1.53. The molecule has 6 nitrogen and oxygen atoms in total. The van der Waals surface area contributed by atoms with Crippen LogP contribution in [0.15, 0.2) is 33.7 Å². The Hall–Kier alpha value is -1.86. The van der Waals surface area contributed by atoms with Crippen molar-refractivity contribution in [3.63, 3.8) is 0 Å². The first-order chi connectivity index (χ1) is 13.2. The number of aromatic nitrogens is 2. The molecule has 0 atom stereocenters. The number of hydrogen-bond acceptors (Lipinski definition) is 6. The van der Waals surface area contributed by atoms with Gasteiger partial charge < -0.3 is 15.2 Å². The van der Waals surface area contributed by atoms with Crippen LogP contribution >= 0.6 is 11.8 Å². The van der Waals surface area contributed by atoms with Crippen molar-refractivity contribution in [3.05, 3.63) is 41.5 Å². The zero-order valence-electron chi connectivity index (χ0n) is 15.9. The van der Waals surface area contributed by atoms with Crippen molar-refractivity contribution >= 4 is 17.7 Å². The van der Waals surface area contributed by atoms with Crippen molar-refractivity contribution in [2.75, 3.05) is 13.1 Å². The first kappa shape index (κ1) is 19.9. The average Bonchev–Trinajstić information content (AvgIpc) is 2.93. The summed E-state index contributed by atoms with van der Waals surface area (Å²) < 4.78 is 5.14. The number of nitrogens with one attached hydrogen (secondary N) is 2. The molecule has 0 saturated heterocycles. The van der Waals surface area contributed by atoms with Crippen LogP contribution in [0.25, 0.3) is 0 Å². The zero-order chi connectivity index (χ0) is 18.9. The molecule has 0 bridgehead atoms. The van der Waals surface area contributed by atoms with Crippen LogP contribution in [0, 0.1) is 6.92 Å². The van der Waals surface area contributed by atoms with E-state index in [0.29, 0.717) is 35.6 Å². The summed E-state index contributed by atoms with van der Waals surface area (Å²) in [6, 6.07) is 8.23. The minimum absolute atomic E-state index is 0.0394. The van der Waals surface area contributed by atoms with Gasteiger partial charge in [-0.3, -0.25) is 4.79 Å². The second kappa shape index (κ2) is 10.5. The number of rotatable bonds is 8. The van der Waals surface area contributed by atoms with Gasteiger partial charge in [-0.15, -0.1) is 11.8 Å². The van der Waals surface area contributed by atoms with Crippen LogP contribution < -0.4 is 10.6 Å². The van der Waals surface area contributed by atoms with Crippen LogP contribution in [0.3, 0.4) is 0 Å². The van der Waals surface area contributed by atoms with Crippen LogP contribution in [0.5, 0.6) is 0 Å². The topological polar surface area (TPSA) is 80.0 Å². The molecule has 1 aromatic heterocycles. The smallest absolute Gasteiger partial charge is 0.252 e. The first-order valence-electron chi connectivity index (χ1n) is 9.75. The molecule has 1 aromatic carbocycles. The van der Waals surface area contributed by atoms with E-state index in [2.05, 4.69) is 20.8 Å². The lowest BCUT2D eigenvalue weighted by Crippen LogP contribution is -2.37. The highest BCUT2D eigenvalue weighted by Crippen LogP contribution is 2.25. The lowest BCUT2D eigenvalue weighted by molar-refractivity contribution is 0.0950. The van der Waals surface area contributed by atoms with Gasteiger partial charge in [-0.2, -0.15) is 4.98 Å². The Balaban J connectivity index is 1.46. The Kier molecular flexibility index (Phi) is 7.71. The molecule has 1 heterocycles.